The molecule has 2 atom stereocenters. The fourth-order valence-corrected chi connectivity index (χ4v) is 4.51. The molecular weight excluding hydrogens is 463 g/mol. The smallest absolute Gasteiger partial charge is 0.223 e. The molecule has 2 aromatic heterocycles. The molecule has 182 valence electrons. The minimum Gasteiger partial charge on any atom is -0.391 e. The molecule has 2 fully saturated rings. The lowest BCUT2D eigenvalue weighted by atomic mass is 10.1. The Hall–Kier alpha value is -2.82. The molecule has 4 N–H and O–H groups in total. The highest BCUT2D eigenvalue weighted by Gasteiger charge is 2.35. The number of rotatable bonds is 3. The van der Waals surface area contributed by atoms with Gasteiger partial charge in [0, 0.05) is 24.6 Å². The van der Waals surface area contributed by atoms with Crippen LogP contribution in [0.15, 0.2) is 18.3 Å². The van der Waals surface area contributed by atoms with Gasteiger partial charge in [0.05, 0.1) is 41.2 Å². The van der Waals surface area contributed by atoms with Gasteiger partial charge in [0.2, 0.25) is 11.9 Å². The van der Waals surface area contributed by atoms with E-state index in [2.05, 4.69) is 19.9 Å². The Labute approximate surface area is 201 Å². The van der Waals surface area contributed by atoms with Crippen LogP contribution in [0, 0.1) is 5.82 Å². The number of amides is 1. The first-order valence-corrected chi connectivity index (χ1v) is 11.7. The van der Waals surface area contributed by atoms with Crippen LogP contribution in [0.1, 0.15) is 51.4 Å². The first-order chi connectivity index (χ1) is 16.2. The van der Waals surface area contributed by atoms with Crippen molar-refractivity contribution in [3.8, 4) is 11.3 Å². The van der Waals surface area contributed by atoms with E-state index in [0.29, 0.717) is 42.0 Å². The fourth-order valence-electron chi connectivity index (χ4n) is 4.31. The topological polar surface area (TPSA) is 130 Å². The summed E-state index contributed by atoms with van der Waals surface area (Å²) in [7, 11) is 0. The minimum atomic E-state index is -0.501. The minimum absolute atomic E-state index is 0.0430. The number of nitrogens with two attached hydrogens (primary N) is 1. The zero-order valence-corrected chi connectivity index (χ0v) is 19.8. The maximum atomic E-state index is 14.7. The van der Waals surface area contributed by atoms with Crippen LogP contribution in [0.5, 0.6) is 0 Å². The number of aromatic nitrogens is 4. The van der Waals surface area contributed by atoms with Crippen molar-refractivity contribution < 1.29 is 19.0 Å². The maximum Gasteiger partial charge on any atom is 0.223 e. The van der Waals surface area contributed by atoms with Crippen LogP contribution in [0.3, 0.4) is 0 Å². The second-order valence-electron chi connectivity index (χ2n) is 8.72. The molecule has 11 heteroatoms. The monoisotopic (exact) mass is 490 g/mol. The number of nitrogen functional groups attached to an aromatic ring is 1. The van der Waals surface area contributed by atoms with Gasteiger partial charge in [-0.05, 0) is 45.2 Å². The number of aromatic amines is 1. The molecule has 1 amide bonds. The zero-order valence-electron chi connectivity index (χ0n) is 19.1. The van der Waals surface area contributed by atoms with Gasteiger partial charge in [-0.25, -0.2) is 19.3 Å². The van der Waals surface area contributed by atoms with Crippen LogP contribution in [-0.4, -0.2) is 61.2 Å². The number of hydrogen-bond acceptors (Lipinski definition) is 7. The second kappa shape index (κ2) is 10.2. The molecular formula is C23H28ClFN6O3. The third-order valence-corrected chi connectivity index (χ3v) is 6.13. The predicted molar refractivity (Wildman–Crippen MR) is 127 cm³/mol. The molecule has 0 radical (unpaired) electrons. The normalized spacial score (nSPS) is 20.6. The maximum absolute atomic E-state index is 14.7. The lowest BCUT2D eigenvalue weighted by Crippen LogP contribution is -2.34. The van der Waals surface area contributed by atoms with E-state index in [1.165, 1.54) is 12.3 Å². The van der Waals surface area contributed by atoms with E-state index in [9.17, 15) is 9.18 Å². The number of imidazole rings is 1. The number of likely N-dealkylation sites (tertiary alicyclic amines) is 1. The van der Waals surface area contributed by atoms with Gasteiger partial charge in [0.15, 0.2) is 5.82 Å². The number of nitrogens with one attached hydrogen (secondary N) is 1. The average Bonchev–Trinajstić information content (AvgIpc) is 3.40. The van der Waals surface area contributed by atoms with Gasteiger partial charge in [0.1, 0.15) is 11.3 Å². The standard InChI is InChI=1S/C18H18ClFN6O.C5H10O2/c1-8(2)26-13(3-4-14(26)27)17-23-12-6-9(5-11(20)16(12)24-17)15-10(19)7-22-18(21)25-15;6-5-2-1-3-7-4-5/h5-8,13H,3-4H2,1-2H3,(H,23,24)(H2,21,22,25);5-6H,1-4H2. The van der Waals surface area contributed by atoms with Crippen molar-refractivity contribution in [2.75, 3.05) is 18.9 Å². The van der Waals surface area contributed by atoms with Crippen molar-refractivity contribution in [1.82, 2.24) is 24.8 Å². The Morgan fingerprint density at radius 3 is 2.76 bits per heavy atom. The molecule has 0 spiro atoms. The number of aliphatic hydroxyl groups is 1. The van der Waals surface area contributed by atoms with Crippen molar-refractivity contribution >= 4 is 34.5 Å². The Bertz CT molecular complexity index is 1180. The van der Waals surface area contributed by atoms with E-state index in [0.717, 1.165) is 19.4 Å². The molecule has 2 aliphatic heterocycles. The van der Waals surface area contributed by atoms with Crippen LogP contribution in [0.25, 0.3) is 22.3 Å². The first kappa shape index (κ1) is 24.3. The number of halogens is 2. The van der Waals surface area contributed by atoms with Gasteiger partial charge in [0.25, 0.3) is 0 Å². The fraction of sp³-hybridized carbons (Fsp3) is 0.478. The van der Waals surface area contributed by atoms with Crippen LogP contribution in [0.4, 0.5) is 10.3 Å². The highest BCUT2D eigenvalue weighted by Crippen LogP contribution is 2.35. The second-order valence-corrected chi connectivity index (χ2v) is 9.13. The van der Waals surface area contributed by atoms with E-state index >= 15 is 0 Å². The van der Waals surface area contributed by atoms with Crippen molar-refractivity contribution in [2.45, 2.75) is 57.7 Å². The summed E-state index contributed by atoms with van der Waals surface area (Å²) in [5, 5.41) is 9.06. The van der Waals surface area contributed by atoms with Gasteiger partial charge in [-0.15, -0.1) is 0 Å². The molecule has 2 aliphatic rings. The summed E-state index contributed by atoms with van der Waals surface area (Å²) in [6.07, 6.45) is 4.24. The highest BCUT2D eigenvalue weighted by atomic mass is 35.5. The largest absolute Gasteiger partial charge is 0.391 e. The summed E-state index contributed by atoms with van der Waals surface area (Å²) >= 11 is 6.14. The van der Waals surface area contributed by atoms with Gasteiger partial charge in [-0.3, -0.25) is 4.79 Å². The molecule has 1 aromatic carbocycles. The van der Waals surface area contributed by atoms with Crippen LogP contribution in [-0.2, 0) is 9.53 Å². The summed E-state index contributed by atoms with van der Waals surface area (Å²) in [6, 6.07) is 2.90. The summed E-state index contributed by atoms with van der Waals surface area (Å²) < 4.78 is 19.6. The van der Waals surface area contributed by atoms with Gasteiger partial charge in [-0.1, -0.05) is 11.6 Å². The number of nitrogens with zero attached hydrogens (tertiary/aromatic N) is 4. The van der Waals surface area contributed by atoms with Crippen molar-refractivity contribution in [3.63, 3.8) is 0 Å². The first-order valence-electron chi connectivity index (χ1n) is 11.3. The SMILES string of the molecule is CC(C)N1C(=O)CCC1c1nc2c(F)cc(-c3nc(N)ncc3Cl)cc2[nH]1.OC1CCCOC1. The Balaban J connectivity index is 0.000000336. The number of aliphatic hydroxyl groups excluding tert-OH is 1. The van der Waals surface area contributed by atoms with Crippen molar-refractivity contribution in [3.05, 3.63) is 35.0 Å². The number of benzene rings is 1. The Morgan fingerprint density at radius 2 is 2.12 bits per heavy atom. The van der Waals surface area contributed by atoms with E-state index in [1.54, 1.807) is 11.0 Å². The molecule has 0 aliphatic carbocycles. The molecule has 4 heterocycles. The number of H-pyrrole nitrogens is 1. The number of carbonyl (C=O) groups excluding carboxylic acids is 1. The number of anilines is 1. The van der Waals surface area contributed by atoms with Crippen LogP contribution in [0.2, 0.25) is 5.02 Å². The molecule has 0 saturated carbocycles. The number of fused-ring (bicyclic) bond motifs is 1. The summed E-state index contributed by atoms with van der Waals surface area (Å²) in [6.45, 7) is 5.29. The summed E-state index contributed by atoms with van der Waals surface area (Å²) in [4.78, 5) is 29.5. The van der Waals surface area contributed by atoms with Gasteiger partial charge < -0.3 is 25.5 Å². The molecule has 2 saturated heterocycles. The predicted octanol–water partition coefficient (Wildman–Crippen LogP) is 3.62. The summed E-state index contributed by atoms with van der Waals surface area (Å²) in [5.41, 5.74) is 7.17. The molecule has 5 rings (SSSR count). The van der Waals surface area contributed by atoms with E-state index in [-0.39, 0.29) is 40.6 Å². The van der Waals surface area contributed by atoms with E-state index in [4.69, 9.17) is 27.2 Å². The van der Waals surface area contributed by atoms with Crippen molar-refractivity contribution in [2.24, 2.45) is 0 Å². The van der Waals surface area contributed by atoms with E-state index in [1.807, 2.05) is 13.8 Å². The lowest BCUT2D eigenvalue weighted by Gasteiger charge is -2.27. The number of hydrogen-bond donors (Lipinski definition) is 3. The van der Waals surface area contributed by atoms with Gasteiger partial charge >= 0.3 is 0 Å². The van der Waals surface area contributed by atoms with E-state index < -0.39 is 5.82 Å². The van der Waals surface area contributed by atoms with Crippen LogP contribution < -0.4 is 5.73 Å². The zero-order chi connectivity index (χ0) is 24.4. The number of carbonyl (C=O) groups is 1. The summed E-state index contributed by atoms with van der Waals surface area (Å²) in [5.74, 6) is 0.213. The third kappa shape index (κ3) is 5.13. The van der Waals surface area contributed by atoms with Crippen LogP contribution >= 0.6 is 11.6 Å². The average molecular weight is 491 g/mol. The third-order valence-electron chi connectivity index (χ3n) is 5.86. The molecule has 2 unspecified atom stereocenters. The molecule has 0 bridgehead atoms. The molecule has 3 aromatic rings. The highest BCUT2D eigenvalue weighted by molar-refractivity contribution is 6.33. The Kier molecular flexibility index (Phi) is 7.30. The Morgan fingerprint density at radius 1 is 1.32 bits per heavy atom. The van der Waals surface area contributed by atoms with Crippen molar-refractivity contribution in [1.29, 1.82) is 0 Å². The molecule has 9 nitrogen and oxygen atoms in total. The quantitative estimate of drug-likeness (QED) is 0.511. The van der Waals surface area contributed by atoms with Gasteiger partial charge in [-0.2, -0.15) is 0 Å². The lowest BCUT2D eigenvalue weighted by molar-refractivity contribution is -0.130. The number of ether oxygens (including phenoxy) is 1. The molecule has 34 heavy (non-hydrogen) atoms.